The third-order valence-electron chi connectivity index (χ3n) is 16.5. The summed E-state index contributed by atoms with van der Waals surface area (Å²) < 4.78 is 28.6. The topological polar surface area (TPSA) is 175 Å². The monoisotopic (exact) mass is 1170 g/mol. The van der Waals surface area contributed by atoms with E-state index in [-0.39, 0.29) is 25.9 Å². The maximum Gasteiger partial charge on any atom is 0.335 e. The summed E-state index contributed by atoms with van der Waals surface area (Å²) in [4.78, 5) is 51.5. The minimum atomic E-state index is -1.90. The van der Waals surface area contributed by atoms with Crippen molar-refractivity contribution in [2.75, 3.05) is 13.2 Å². The Morgan fingerprint density at radius 3 is 1.02 bits per heavy atom. The number of carboxylic acids is 1. The average molecular weight is 1180 g/mol. The van der Waals surface area contributed by atoms with Crippen LogP contribution in [0.2, 0.25) is 0 Å². The molecule has 0 amide bonds. The molecule has 0 bridgehead atoms. The summed E-state index contributed by atoms with van der Waals surface area (Å²) in [5.74, 6) is -3.08. The fraction of sp³-hybridized carbons (Fsp3) is 0.887. The smallest absolute Gasteiger partial charge is 0.335 e. The van der Waals surface area contributed by atoms with E-state index in [1.165, 1.54) is 225 Å². The van der Waals surface area contributed by atoms with Crippen LogP contribution in [0.4, 0.5) is 0 Å². The highest BCUT2D eigenvalue weighted by Gasteiger charge is 2.50. The lowest BCUT2D eigenvalue weighted by atomic mass is 9.98. The predicted molar refractivity (Wildman–Crippen MR) is 340 cm³/mol. The quantitative estimate of drug-likeness (QED) is 0.0228. The molecule has 1 aliphatic rings. The second-order valence-corrected chi connectivity index (χ2v) is 24.5. The minimum Gasteiger partial charge on any atom is -0.479 e. The van der Waals surface area contributed by atoms with Crippen molar-refractivity contribution in [3.8, 4) is 0 Å². The number of aliphatic carboxylic acids is 1. The molecule has 12 nitrogen and oxygen atoms in total. The lowest BCUT2D eigenvalue weighted by Gasteiger charge is -2.40. The third kappa shape index (κ3) is 48.9. The number of ether oxygens (including phenoxy) is 5. The van der Waals surface area contributed by atoms with Gasteiger partial charge in [-0.05, 0) is 70.6 Å². The maximum atomic E-state index is 13.2. The average Bonchev–Trinajstić information content (AvgIpc) is 3.59. The fourth-order valence-electron chi connectivity index (χ4n) is 11.1. The molecule has 0 aromatic carbocycles. The van der Waals surface area contributed by atoms with Gasteiger partial charge in [0.15, 0.2) is 24.6 Å². The largest absolute Gasteiger partial charge is 0.479 e. The van der Waals surface area contributed by atoms with E-state index in [0.29, 0.717) is 19.3 Å². The van der Waals surface area contributed by atoms with Crippen LogP contribution >= 0.6 is 0 Å². The van der Waals surface area contributed by atoms with Crippen molar-refractivity contribution >= 4 is 23.9 Å². The van der Waals surface area contributed by atoms with Gasteiger partial charge in [0, 0.05) is 19.3 Å². The van der Waals surface area contributed by atoms with E-state index in [4.69, 9.17) is 23.7 Å². The van der Waals surface area contributed by atoms with E-state index < -0.39 is 67.3 Å². The molecule has 1 saturated heterocycles. The van der Waals surface area contributed by atoms with Crippen molar-refractivity contribution in [1.82, 2.24) is 0 Å². The first-order valence-electron chi connectivity index (χ1n) is 35.3. The summed E-state index contributed by atoms with van der Waals surface area (Å²) in [5, 5.41) is 31.7. The molecule has 1 heterocycles. The predicted octanol–water partition coefficient (Wildman–Crippen LogP) is 19.4. The van der Waals surface area contributed by atoms with Crippen molar-refractivity contribution in [1.29, 1.82) is 0 Å². The van der Waals surface area contributed by atoms with Gasteiger partial charge in [-0.3, -0.25) is 14.4 Å². The van der Waals surface area contributed by atoms with Crippen LogP contribution in [-0.4, -0.2) is 89.2 Å². The third-order valence-corrected chi connectivity index (χ3v) is 16.5. The van der Waals surface area contributed by atoms with Crippen LogP contribution in [0, 0.1) is 0 Å². The Morgan fingerprint density at radius 1 is 0.386 bits per heavy atom. The summed E-state index contributed by atoms with van der Waals surface area (Å²) in [6.45, 7) is 6.06. The Labute approximate surface area is 508 Å². The molecular weight excluding hydrogens is 1040 g/mol. The molecule has 3 N–H and O–H groups in total. The maximum absolute atomic E-state index is 13.2. The number of hydrogen-bond donors (Lipinski definition) is 3. The van der Waals surface area contributed by atoms with E-state index in [9.17, 15) is 34.5 Å². The van der Waals surface area contributed by atoms with Crippen molar-refractivity contribution < 1.29 is 58.2 Å². The van der Waals surface area contributed by atoms with E-state index in [2.05, 4.69) is 45.1 Å². The molecule has 83 heavy (non-hydrogen) atoms. The van der Waals surface area contributed by atoms with Crippen LogP contribution < -0.4 is 0 Å². The number of unbranched alkanes of at least 4 members (excludes halogenated alkanes) is 44. The number of esters is 3. The molecule has 0 saturated carbocycles. The van der Waals surface area contributed by atoms with E-state index >= 15 is 0 Å². The summed E-state index contributed by atoms with van der Waals surface area (Å²) in [5.41, 5.74) is 0. The second kappa shape index (κ2) is 59.5. The number of aliphatic hydroxyl groups excluding tert-OH is 2. The lowest BCUT2D eigenvalue weighted by Crippen LogP contribution is -2.61. The van der Waals surface area contributed by atoms with Gasteiger partial charge in [-0.25, -0.2) is 4.79 Å². The second-order valence-electron chi connectivity index (χ2n) is 24.5. The number of carbonyl (C=O) groups is 4. The Morgan fingerprint density at radius 2 is 0.687 bits per heavy atom. The van der Waals surface area contributed by atoms with Crippen LogP contribution in [0.15, 0.2) is 24.3 Å². The molecule has 12 heteroatoms. The van der Waals surface area contributed by atoms with E-state index in [1.54, 1.807) is 0 Å². The minimum absolute atomic E-state index is 0.0606. The molecule has 486 valence electrons. The molecule has 6 unspecified atom stereocenters. The number of carbonyl (C=O) groups excluding carboxylic acids is 3. The number of rotatable bonds is 62. The van der Waals surface area contributed by atoms with Crippen molar-refractivity contribution in [2.24, 2.45) is 0 Å². The van der Waals surface area contributed by atoms with Crippen molar-refractivity contribution in [3.05, 3.63) is 24.3 Å². The molecular formula is C71H130O12. The van der Waals surface area contributed by atoms with E-state index in [0.717, 1.165) is 70.6 Å². The zero-order valence-electron chi connectivity index (χ0n) is 54.0. The number of aliphatic hydroxyl groups is 2. The zero-order valence-corrected chi connectivity index (χ0v) is 54.0. The van der Waals surface area contributed by atoms with Crippen LogP contribution in [-0.2, 0) is 42.9 Å². The molecule has 0 aliphatic carbocycles. The van der Waals surface area contributed by atoms with Gasteiger partial charge < -0.3 is 39.0 Å². The number of carboxylic acid groups (broad SMARTS) is 1. The molecule has 0 radical (unpaired) electrons. The van der Waals surface area contributed by atoms with Gasteiger partial charge in [0.05, 0.1) is 6.61 Å². The molecule has 0 aromatic heterocycles. The van der Waals surface area contributed by atoms with Gasteiger partial charge in [0.2, 0.25) is 0 Å². The Hall–Kier alpha value is -2.80. The normalized spacial score (nSPS) is 17.6. The molecule has 1 aliphatic heterocycles. The number of hydrogen-bond acceptors (Lipinski definition) is 11. The summed E-state index contributed by atoms with van der Waals surface area (Å²) in [6.07, 6.45) is 58.4. The molecule has 0 spiro atoms. The van der Waals surface area contributed by atoms with Crippen LogP contribution in [0.5, 0.6) is 0 Å². The highest BCUT2D eigenvalue weighted by Crippen LogP contribution is 2.27. The molecule has 1 rings (SSSR count). The standard InChI is InChI=1S/C71H130O12/c1-4-7-10-13-16-19-22-25-28-31-32-35-36-39-42-45-48-51-54-57-63(72)79-60-62(81-64(73)58-55-52-49-46-43-40-37-33-29-26-23-20-17-14-11-8-5-2)61-80-71-69(67(76)66(75)68(83-71)70(77)78)82-65(74)59-56-53-50-47-44-41-38-34-30-27-24-21-18-15-12-9-6-3/h25,27-28,30,62,66-69,71,75-76H,4-24,26,29,31-61H2,1-3H3,(H,77,78)/b28-25-,30-27-. The van der Waals surface area contributed by atoms with Gasteiger partial charge in [-0.1, -0.05) is 289 Å². The van der Waals surface area contributed by atoms with Gasteiger partial charge in [-0.15, -0.1) is 0 Å². The van der Waals surface area contributed by atoms with E-state index in [1.807, 2.05) is 0 Å². The van der Waals surface area contributed by atoms with Crippen molar-refractivity contribution in [2.45, 2.75) is 391 Å². The molecule has 6 atom stereocenters. The zero-order chi connectivity index (χ0) is 60.3. The fourth-order valence-corrected chi connectivity index (χ4v) is 11.1. The first kappa shape index (κ1) is 78.2. The van der Waals surface area contributed by atoms with Gasteiger partial charge in [-0.2, -0.15) is 0 Å². The Balaban J connectivity index is 2.62. The SMILES string of the molecule is CCCCCCCC/C=C\CCCCCCCCCCCC(=O)OCC(COC1OC(C(=O)O)C(O)C(O)C1OC(=O)CCCCCCCCC/C=C\CCCCCCCC)OC(=O)CCCCCCCCCCCCCCCCCCC. The van der Waals surface area contributed by atoms with Crippen molar-refractivity contribution in [3.63, 3.8) is 0 Å². The van der Waals surface area contributed by atoms with Crippen LogP contribution in [0.3, 0.4) is 0 Å². The highest BCUT2D eigenvalue weighted by atomic mass is 16.7. The first-order valence-corrected chi connectivity index (χ1v) is 35.3. The molecule has 1 fully saturated rings. The first-order chi connectivity index (χ1) is 40.6. The van der Waals surface area contributed by atoms with Gasteiger partial charge in [0.25, 0.3) is 0 Å². The Kier molecular flexibility index (Phi) is 56.1. The van der Waals surface area contributed by atoms with Crippen LogP contribution in [0.1, 0.15) is 355 Å². The lowest BCUT2D eigenvalue weighted by molar-refractivity contribution is -0.301. The Bertz CT molecular complexity index is 1530. The van der Waals surface area contributed by atoms with Crippen LogP contribution in [0.25, 0.3) is 0 Å². The number of allylic oxidation sites excluding steroid dienone is 4. The summed E-state index contributed by atoms with van der Waals surface area (Å²) in [6, 6.07) is 0. The summed E-state index contributed by atoms with van der Waals surface area (Å²) >= 11 is 0. The van der Waals surface area contributed by atoms with Gasteiger partial charge >= 0.3 is 23.9 Å². The summed E-state index contributed by atoms with van der Waals surface area (Å²) in [7, 11) is 0. The molecule has 0 aromatic rings. The van der Waals surface area contributed by atoms with Gasteiger partial charge in [0.1, 0.15) is 18.8 Å². The highest BCUT2D eigenvalue weighted by molar-refractivity contribution is 5.74.